The molecule has 0 saturated carbocycles. The van der Waals surface area contributed by atoms with Crippen LogP contribution in [0.15, 0.2) is 46.3 Å². The molecule has 0 saturated heterocycles. The molecule has 0 radical (unpaired) electrons. The minimum atomic E-state index is 0.626. The molecule has 0 aliphatic rings. The van der Waals surface area contributed by atoms with Crippen LogP contribution in [0.1, 0.15) is 16.8 Å². The van der Waals surface area contributed by atoms with Gasteiger partial charge in [-0.1, -0.05) is 29.5 Å². The Labute approximate surface area is 105 Å². The number of aryl methyl sites for hydroxylation is 2. The van der Waals surface area contributed by atoms with Crippen LogP contribution in [-0.2, 0) is 0 Å². The summed E-state index contributed by atoms with van der Waals surface area (Å²) in [5.74, 6) is 0. The van der Waals surface area contributed by atoms with Crippen LogP contribution >= 0.6 is 11.8 Å². The summed E-state index contributed by atoms with van der Waals surface area (Å²) in [5, 5.41) is 9.80. The monoisotopic (exact) mass is 240 g/mol. The molecule has 17 heavy (non-hydrogen) atoms. The number of nitrogens with zero attached hydrogens (tertiary/aromatic N) is 2. The van der Waals surface area contributed by atoms with Crippen molar-refractivity contribution in [2.24, 2.45) is 0 Å². The van der Waals surface area contributed by atoms with Crippen LogP contribution < -0.4 is 0 Å². The van der Waals surface area contributed by atoms with Crippen molar-refractivity contribution >= 4 is 11.8 Å². The lowest BCUT2D eigenvalue weighted by atomic mass is 10.2. The van der Waals surface area contributed by atoms with Crippen molar-refractivity contribution in [2.75, 3.05) is 0 Å². The number of nitriles is 1. The van der Waals surface area contributed by atoms with Gasteiger partial charge in [0.25, 0.3) is 0 Å². The second kappa shape index (κ2) is 5.03. The molecule has 0 bridgehead atoms. The van der Waals surface area contributed by atoms with Gasteiger partial charge in [-0.3, -0.25) is 0 Å². The minimum absolute atomic E-state index is 0.626. The van der Waals surface area contributed by atoms with Gasteiger partial charge in [-0.25, -0.2) is 4.98 Å². The predicted octanol–water partition coefficient (Wildman–Crippen LogP) is 3.72. The standard InChI is InChI=1S/C14H12N2S/c1-10-3-7-13(8-4-10)17-14-12(9-15)6-5-11(2)16-14/h3-8H,1-2H3. The number of hydrogen-bond acceptors (Lipinski definition) is 3. The zero-order valence-electron chi connectivity index (χ0n) is 9.77. The van der Waals surface area contributed by atoms with Gasteiger partial charge in [0.1, 0.15) is 11.1 Å². The van der Waals surface area contributed by atoms with Gasteiger partial charge in [-0.05, 0) is 38.1 Å². The van der Waals surface area contributed by atoms with Crippen LogP contribution in [0, 0.1) is 25.2 Å². The fourth-order valence-electron chi connectivity index (χ4n) is 1.41. The number of hydrogen-bond donors (Lipinski definition) is 0. The molecule has 0 N–H and O–H groups in total. The first-order valence-corrected chi connectivity index (χ1v) is 6.13. The van der Waals surface area contributed by atoms with Gasteiger partial charge in [-0.15, -0.1) is 0 Å². The molecule has 1 aromatic heterocycles. The van der Waals surface area contributed by atoms with E-state index < -0.39 is 0 Å². The molecule has 0 spiro atoms. The lowest BCUT2D eigenvalue weighted by Crippen LogP contribution is -1.89. The summed E-state index contributed by atoms with van der Waals surface area (Å²) >= 11 is 1.53. The van der Waals surface area contributed by atoms with E-state index in [1.165, 1.54) is 17.3 Å². The first-order chi connectivity index (χ1) is 8.19. The number of rotatable bonds is 2. The maximum atomic E-state index is 9.03. The van der Waals surface area contributed by atoms with Crippen LogP contribution in [0.2, 0.25) is 0 Å². The maximum Gasteiger partial charge on any atom is 0.119 e. The molecule has 3 heteroatoms. The largest absolute Gasteiger partial charge is 0.245 e. The highest BCUT2D eigenvalue weighted by Gasteiger charge is 2.06. The molecule has 0 aliphatic carbocycles. The molecule has 2 rings (SSSR count). The second-order valence-electron chi connectivity index (χ2n) is 3.83. The van der Waals surface area contributed by atoms with Gasteiger partial charge < -0.3 is 0 Å². The van der Waals surface area contributed by atoms with Crippen molar-refractivity contribution in [3.05, 3.63) is 53.2 Å². The molecular weight excluding hydrogens is 228 g/mol. The highest BCUT2D eigenvalue weighted by molar-refractivity contribution is 7.99. The van der Waals surface area contributed by atoms with Gasteiger partial charge in [-0.2, -0.15) is 5.26 Å². The fourth-order valence-corrected chi connectivity index (χ4v) is 2.32. The Bertz CT molecular complexity index is 568. The number of pyridine rings is 1. The highest BCUT2D eigenvalue weighted by Crippen LogP contribution is 2.28. The first kappa shape index (κ1) is 11.7. The molecule has 0 aliphatic heterocycles. The van der Waals surface area contributed by atoms with Crippen LogP contribution in [0.5, 0.6) is 0 Å². The van der Waals surface area contributed by atoms with E-state index in [1.807, 2.05) is 31.2 Å². The average Bonchev–Trinajstić information content (AvgIpc) is 2.32. The summed E-state index contributed by atoms with van der Waals surface area (Å²) in [6.45, 7) is 3.99. The van der Waals surface area contributed by atoms with Crippen molar-refractivity contribution in [3.8, 4) is 6.07 Å². The third-order valence-electron chi connectivity index (χ3n) is 2.36. The smallest absolute Gasteiger partial charge is 0.119 e. The van der Waals surface area contributed by atoms with E-state index in [1.54, 1.807) is 0 Å². The normalized spacial score (nSPS) is 9.94. The van der Waals surface area contributed by atoms with E-state index in [0.717, 1.165) is 15.6 Å². The van der Waals surface area contributed by atoms with Gasteiger partial charge in [0.15, 0.2) is 0 Å². The van der Waals surface area contributed by atoms with Crippen LogP contribution in [0.25, 0.3) is 0 Å². The molecule has 1 aromatic carbocycles. The Morgan fingerprint density at radius 3 is 2.41 bits per heavy atom. The SMILES string of the molecule is Cc1ccc(Sc2nc(C)ccc2C#N)cc1. The third-order valence-corrected chi connectivity index (χ3v) is 3.37. The lowest BCUT2D eigenvalue weighted by molar-refractivity contribution is 1.05. The zero-order valence-corrected chi connectivity index (χ0v) is 10.6. The summed E-state index contributed by atoms with van der Waals surface area (Å²) in [6.07, 6.45) is 0. The fraction of sp³-hybridized carbons (Fsp3) is 0.143. The Hall–Kier alpha value is -1.79. The van der Waals surface area contributed by atoms with Gasteiger partial charge in [0, 0.05) is 10.6 Å². The molecule has 2 aromatic rings. The van der Waals surface area contributed by atoms with Gasteiger partial charge in [0.2, 0.25) is 0 Å². The second-order valence-corrected chi connectivity index (χ2v) is 4.89. The van der Waals surface area contributed by atoms with E-state index in [9.17, 15) is 0 Å². The van der Waals surface area contributed by atoms with Crippen molar-refractivity contribution in [3.63, 3.8) is 0 Å². The molecule has 2 nitrogen and oxygen atoms in total. The van der Waals surface area contributed by atoms with Crippen molar-refractivity contribution in [1.82, 2.24) is 4.98 Å². The summed E-state index contributed by atoms with van der Waals surface area (Å²) in [6, 6.07) is 14.1. The predicted molar refractivity (Wildman–Crippen MR) is 69.0 cm³/mol. The van der Waals surface area contributed by atoms with Crippen molar-refractivity contribution < 1.29 is 0 Å². The summed E-state index contributed by atoms with van der Waals surface area (Å²) < 4.78 is 0. The van der Waals surface area contributed by atoms with Crippen molar-refractivity contribution in [2.45, 2.75) is 23.8 Å². The van der Waals surface area contributed by atoms with E-state index >= 15 is 0 Å². The molecule has 0 atom stereocenters. The van der Waals surface area contributed by atoms with Crippen LogP contribution in [0.3, 0.4) is 0 Å². The molecular formula is C14H12N2S. The maximum absolute atomic E-state index is 9.03. The van der Waals surface area contributed by atoms with Crippen LogP contribution in [0.4, 0.5) is 0 Å². The topological polar surface area (TPSA) is 36.7 Å². The third kappa shape index (κ3) is 2.86. The molecule has 0 unspecified atom stereocenters. The van der Waals surface area contributed by atoms with Crippen LogP contribution in [-0.4, -0.2) is 4.98 Å². The Balaban J connectivity index is 2.32. The van der Waals surface area contributed by atoms with E-state index in [4.69, 9.17) is 5.26 Å². The highest BCUT2D eigenvalue weighted by atomic mass is 32.2. The molecule has 0 amide bonds. The quantitative estimate of drug-likeness (QED) is 0.802. The Kier molecular flexibility index (Phi) is 3.46. The van der Waals surface area contributed by atoms with Crippen molar-refractivity contribution in [1.29, 1.82) is 5.26 Å². The van der Waals surface area contributed by atoms with E-state index in [-0.39, 0.29) is 0 Å². The lowest BCUT2D eigenvalue weighted by Gasteiger charge is -2.04. The number of aromatic nitrogens is 1. The summed E-state index contributed by atoms with van der Waals surface area (Å²) in [4.78, 5) is 5.50. The Morgan fingerprint density at radius 2 is 1.76 bits per heavy atom. The average molecular weight is 240 g/mol. The van der Waals surface area contributed by atoms with Gasteiger partial charge >= 0.3 is 0 Å². The number of benzene rings is 1. The van der Waals surface area contributed by atoms with E-state index in [2.05, 4.69) is 30.1 Å². The molecule has 1 heterocycles. The minimum Gasteiger partial charge on any atom is -0.245 e. The van der Waals surface area contributed by atoms with E-state index in [0.29, 0.717) is 5.56 Å². The van der Waals surface area contributed by atoms with Gasteiger partial charge in [0.05, 0.1) is 5.56 Å². The first-order valence-electron chi connectivity index (χ1n) is 5.31. The summed E-state index contributed by atoms with van der Waals surface area (Å²) in [5.41, 5.74) is 2.78. The molecule has 0 fully saturated rings. The zero-order chi connectivity index (χ0) is 12.3. The molecule has 84 valence electrons. The summed E-state index contributed by atoms with van der Waals surface area (Å²) in [7, 11) is 0. The Morgan fingerprint density at radius 1 is 1.06 bits per heavy atom.